The van der Waals surface area contributed by atoms with Gasteiger partial charge in [0.2, 0.25) is 0 Å². The number of aliphatic hydroxyl groups is 1. The van der Waals surface area contributed by atoms with Crippen LogP contribution in [-0.4, -0.2) is 14.9 Å². The van der Waals surface area contributed by atoms with Crippen LogP contribution in [0, 0.1) is 5.41 Å². The van der Waals surface area contributed by atoms with Gasteiger partial charge in [-0.1, -0.05) is 32.4 Å². The summed E-state index contributed by atoms with van der Waals surface area (Å²) in [7, 11) is 1.79. The maximum Gasteiger partial charge on any atom is 0.102 e. The van der Waals surface area contributed by atoms with E-state index in [1.54, 1.807) is 17.9 Å². The lowest BCUT2D eigenvalue weighted by Crippen LogP contribution is -2.23. The Bertz CT molecular complexity index is 300. The molecule has 0 spiro atoms. The van der Waals surface area contributed by atoms with Crippen molar-refractivity contribution in [2.75, 3.05) is 0 Å². The van der Waals surface area contributed by atoms with Crippen molar-refractivity contribution < 1.29 is 5.11 Å². The van der Waals surface area contributed by atoms with E-state index in [0.29, 0.717) is 10.7 Å². The van der Waals surface area contributed by atoms with Gasteiger partial charge in [-0.2, -0.15) is 5.10 Å². The molecule has 1 aromatic rings. The highest BCUT2D eigenvalue weighted by molar-refractivity contribution is 6.31. The third kappa shape index (κ3) is 1.93. The van der Waals surface area contributed by atoms with Gasteiger partial charge in [0.1, 0.15) is 6.10 Å². The number of aryl methyl sites for hydroxylation is 1. The SMILES string of the molecule is CCC(C)(C)C(O)c1c(Cl)cnn1C. The highest BCUT2D eigenvalue weighted by atomic mass is 35.5. The first-order valence-electron chi connectivity index (χ1n) is 4.75. The van der Waals surface area contributed by atoms with Crippen LogP contribution in [0.25, 0.3) is 0 Å². The predicted molar refractivity (Wildman–Crippen MR) is 57.2 cm³/mol. The highest BCUT2D eigenvalue weighted by Gasteiger charge is 2.31. The molecule has 0 bridgehead atoms. The van der Waals surface area contributed by atoms with Crippen molar-refractivity contribution in [1.82, 2.24) is 9.78 Å². The van der Waals surface area contributed by atoms with Crippen LogP contribution >= 0.6 is 11.6 Å². The Morgan fingerprint density at radius 2 is 2.21 bits per heavy atom. The second-order valence-corrected chi connectivity index (χ2v) is 4.65. The van der Waals surface area contributed by atoms with Crippen LogP contribution in [0.2, 0.25) is 5.02 Å². The van der Waals surface area contributed by atoms with Gasteiger partial charge in [0.05, 0.1) is 16.9 Å². The number of hydrogen-bond donors (Lipinski definition) is 1. The number of nitrogens with zero attached hydrogens (tertiary/aromatic N) is 2. The summed E-state index contributed by atoms with van der Waals surface area (Å²) in [5.41, 5.74) is 0.510. The van der Waals surface area contributed by atoms with Crippen molar-refractivity contribution in [3.63, 3.8) is 0 Å². The van der Waals surface area contributed by atoms with Gasteiger partial charge in [-0.25, -0.2) is 0 Å². The predicted octanol–water partition coefficient (Wildman–Crippen LogP) is 2.54. The van der Waals surface area contributed by atoms with Gasteiger partial charge < -0.3 is 5.11 Å². The molecular formula is C10H17ClN2O. The summed E-state index contributed by atoms with van der Waals surface area (Å²) in [6, 6.07) is 0. The lowest BCUT2D eigenvalue weighted by atomic mass is 9.82. The van der Waals surface area contributed by atoms with Crippen molar-refractivity contribution >= 4 is 11.6 Å². The monoisotopic (exact) mass is 216 g/mol. The Labute approximate surface area is 89.7 Å². The quantitative estimate of drug-likeness (QED) is 0.844. The minimum absolute atomic E-state index is 0.183. The molecule has 1 atom stereocenters. The summed E-state index contributed by atoms with van der Waals surface area (Å²) in [5, 5.41) is 14.7. The standard InChI is InChI=1S/C10H17ClN2O/c1-5-10(2,3)9(14)8-7(11)6-12-13(8)4/h6,9,14H,5H2,1-4H3. The molecule has 0 amide bonds. The van der Waals surface area contributed by atoms with Crippen LogP contribution in [0.4, 0.5) is 0 Å². The fourth-order valence-corrected chi connectivity index (χ4v) is 1.56. The lowest BCUT2D eigenvalue weighted by molar-refractivity contribution is 0.0400. The Hall–Kier alpha value is -0.540. The molecule has 80 valence electrons. The second kappa shape index (κ2) is 3.91. The average molecular weight is 217 g/mol. The molecule has 0 radical (unpaired) electrons. The summed E-state index contributed by atoms with van der Waals surface area (Å²) in [5.74, 6) is 0. The number of aliphatic hydroxyl groups excluding tert-OH is 1. The number of aromatic nitrogens is 2. The molecule has 1 unspecified atom stereocenters. The first-order valence-corrected chi connectivity index (χ1v) is 5.13. The van der Waals surface area contributed by atoms with E-state index < -0.39 is 6.10 Å². The van der Waals surface area contributed by atoms with E-state index in [0.717, 1.165) is 6.42 Å². The van der Waals surface area contributed by atoms with Gasteiger partial charge in [-0.05, 0) is 11.8 Å². The van der Waals surface area contributed by atoms with Crippen LogP contribution < -0.4 is 0 Å². The summed E-state index contributed by atoms with van der Waals surface area (Å²) in [6.45, 7) is 6.08. The van der Waals surface area contributed by atoms with Crippen molar-refractivity contribution in [3.8, 4) is 0 Å². The smallest absolute Gasteiger partial charge is 0.102 e. The Morgan fingerprint density at radius 1 is 1.64 bits per heavy atom. The molecule has 0 saturated carbocycles. The van der Waals surface area contributed by atoms with Gasteiger partial charge in [-0.3, -0.25) is 4.68 Å². The zero-order valence-electron chi connectivity index (χ0n) is 9.08. The molecule has 0 aliphatic rings. The first kappa shape index (κ1) is 11.5. The number of rotatable bonds is 3. The molecule has 0 fully saturated rings. The Balaban J connectivity index is 3.06. The third-order valence-electron chi connectivity index (χ3n) is 2.85. The van der Waals surface area contributed by atoms with Crippen molar-refractivity contribution in [3.05, 3.63) is 16.9 Å². The van der Waals surface area contributed by atoms with E-state index >= 15 is 0 Å². The van der Waals surface area contributed by atoms with E-state index in [4.69, 9.17) is 11.6 Å². The third-order valence-corrected chi connectivity index (χ3v) is 3.14. The second-order valence-electron chi connectivity index (χ2n) is 4.25. The summed E-state index contributed by atoms with van der Waals surface area (Å²) in [4.78, 5) is 0. The van der Waals surface area contributed by atoms with Crippen LogP contribution in [0.3, 0.4) is 0 Å². The molecule has 4 heteroatoms. The lowest BCUT2D eigenvalue weighted by Gasteiger charge is -2.29. The van der Waals surface area contributed by atoms with Gasteiger partial charge in [0, 0.05) is 7.05 Å². The molecule has 0 saturated heterocycles. The largest absolute Gasteiger partial charge is 0.386 e. The minimum Gasteiger partial charge on any atom is -0.386 e. The Morgan fingerprint density at radius 3 is 2.57 bits per heavy atom. The molecule has 1 aromatic heterocycles. The molecule has 0 aliphatic carbocycles. The summed E-state index contributed by atoms with van der Waals surface area (Å²) in [6.07, 6.45) is 1.87. The summed E-state index contributed by atoms with van der Waals surface area (Å²) < 4.78 is 1.63. The molecule has 0 aromatic carbocycles. The summed E-state index contributed by atoms with van der Waals surface area (Å²) >= 11 is 5.96. The number of hydrogen-bond acceptors (Lipinski definition) is 2. The topological polar surface area (TPSA) is 38.1 Å². The molecule has 0 aliphatic heterocycles. The van der Waals surface area contributed by atoms with E-state index in [-0.39, 0.29) is 5.41 Å². The van der Waals surface area contributed by atoms with Gasteiger partial charge in [0.25, 0.3) is 0 Å². The van der Waals surface area contributed by atoms with Crippen molar-refractivity contribution in [1.29, 1.82) is 0 Å². The fourth-order valence-electron chi connectivity index (χ4n) is 1.29. The van der Waals surface area contributed by atoms with E-state index in [9.17, 15) is 5.11 Å². The zero-order chi connectivity index (χ0) is 10.9. The fraction of sp³-hybridized carbons (Fsp3) is 0.700. The minimum atomic E-state index is -0.576. The number of halogens is 1. The molecule has 14 heavy (non-hydrogen) atoms. The van der Waals surface area contributed by atoms with Gasteiger partial charge in [0.15, 0.2) is 0 Å². The van der Waals surface area contributed by atoms with E-state index in [2.05, 4.69) is 5.10 Å². The van der Waals surface area contributed by atoms with Crippen LogP contribution in [0.5, 0.6) is 0 Å². The van der Waals surface area contributed by atoms with Crippen LogP contribution in [0.15, 0.2) is 6.20 Å². The van der Waals surface area contributed by atoms with Gasteiger partial charge in [-0.15, -0.1) is 0 Å². The van der Waals surface area contributed by atoms with E-state index in [1.165, 1.54) is 0 Å². The average Bonchev–Trinajstić information content (AvgIpc) is 2.45. The zero-order valence-corrected chi connectivity index (χ0v) is 9.84. The normalized spacial score (nSPS) is 14.4. The molecular weight excluding hydrogens is 200 g/mol. The molecule has 3 nitrogen and oxygen atoms in total. The van der Waals surface area contributed by atoms with Crippen molar-refractivity contribution in [2.45, 2.75) is 33.3 Å². The molecule has 1 N–H and O–H groups in total. The maximum atomic E-state index is 10.2. The van der Waals surface area contributed by atoms with Crippen LogP contribution in [-0.2, 0) is 7.05 Å². The molecule has 1 rings (SSSR count). The first-order chi connectivity index (χ1) is 6.40. The van der Waals surface area contributed by atoms with Gasteiger partial charge >= 0.3 is 0 Å². The van der Waals surface area contributed by atoms with Crippen molar-refractivity contribution in [2.24, 2.45) is 12.5 Å². The van der Waals surface area contributed by atoms with Crippen LogP contribution in [0.1, 0.15) is 39.0 Å². The maximum absolute atomic E-state index is 10.2. The highest BCUT2D eigenvalue weighted by Crippen LogP contribution is 2.38. The van der Waals surface area contributed by atoms with E-state index in [1.807, 2.05) is 20.8 Å². The molecule has 1 heterocycles. The Kier molecular flexibility index (Phi) is 3.22.